The molecule has 0 aliphatic heterocycles. The number of rotatable bonds is 7. The van der Waals surface area contributed by atoms with E-state index >= 15 is 0 Å². The minimum absolute atomic E-state index is 0.177. The summed E-state index contributed by atoms with van der Waals surface area (Å²) in [5.74, 6) is -1.49. The van der Waals surface area contributed by atoms with Gasteiger partial charge in [0.25, 0.3) is 5.91 Å². The van der Waals surface area contributed by atoms with Gasteiger partial charge in [0.1, 0.15) is 5.82 Å². The summed E-state index contributed by atoms with van der Waals surface area (Å²) in [6.07, 6.45) is 1.03. The SMILES string of the molecule is CS(=O)(=O)N(Cc1ccccc1F)c1ccc(C(=O)Nc2ccc(C(N)=O)cc2)cc1. The zero-order chi connectivity index (χ0) is 22.6. The highest BCUT2D eigenvalue weighted by Crippen LogP contribution is 2.23. The number of carbonyl (C=O) groups excluding carboxylic acids is 2. The lowest BCUT2D eigenvalue weighted by Crippen LogP contribution is -2.29. The first-order chi connectivity index (χ1) is 14.6. The van der Waals surface area contributed by atoms with Gasteiger partial charge in [0.15, 0.2) is 0 Å². The monoisotopic (exact) mass is 441 g/mol. The zero-order valence-corrected chi connectivity index (χ0v) is 17.4. The lowest BCUT2D eigenvalue weighted by Gasteiger charge is -2.23. The average molecular weight is 441 g/mol. The fraction of sp³-hybridized carbons (Fsp3) is 0.0909. The number of benzene rings is 3. The molecule has 3 N–H and O–H groups in total. The first-order valence-electron chi connectivity index (χ1n) is 9.17. The highest BCUT2D eigenvalue weighted by atomic mass is 32.2. The quantitative estimate of drug-likeness (QED) is 0.587. The van der Waals surface area contributed by atoms with Gasteiger partial charge in [-0.1, -0.05) is 18.2 Å². The fourth-order valence-corrected chi connectivity index (χ4v) is 3.76. The van der Waals surface area contributed by atoms with Crippen molar-refractivity contribution in [3.05, 3.63) is 95.3 Å². The molecule has 31 heavy (non-hydrogen) atoms. The molecule has 0 saturated heterocycles. The number of primary amides is 1. The van der Waals surface area contributed by atoms with Gasteiger partial charge in [0.2, 0.25) is 15.9 Å². The van der Waals surface area contributed by atoms with Gasteiger partial charge in [-0.2, -0.15) is 0 Å². The molecule has 0 saturated carbocycles. The number of hydrogen-bond donors (Lipinski definition) is 2. The number of anilines is 2. The van der Waals surface area contributed by atoms with E-state index < -0.39 is 27.7 Å². The summed E-state index contributed by atoms with van der Waals surface area (Å²) in [6, 6.07) is 17.9. The fourth-order valence-electron chi connectivity index (χ4n) is 2.88. The Morgan fingerprint density at radius 2 is 1.52 bits per heavy atom. The number of nitrogens with one attached hydrogen (secondary N) is 1. The molecule has 7 nitrogen and oxygen atoms in total. The van der Waals surface area contributed by atoms with Crippen molar-refractivity contribution < 1.29 is 22.4 Å². The zero-order valence-electron chi connectivity index (χ0n) is 16.6. The Labute approximate surface area is 179 Å². The van der Waals surface area contributed by atoms with E-state index in [4.69, 9.17) is 5.73 Å². The minimum atomic E-state index is -3.70. The van der Waals surface area contributed by atoms with Crippen LogP contribution in [0.15, 0.2) is 72.8 Å². The maximum absolute atomic E-state index is 14.0. The van der Waals surface area contributed by atoms with Crippen LogP contribution in [-0.2, 0) is 16.6 Å². The molecule has 0 aliphatic rings. The summed E-state index contributed by atoms with van der Waals surface area (Å²) in [5.41, 5.74) is 6.80. The van der Waals surface area contributed by atoms with Crippen molar-refractivity contribution in [2.45, 2.75) is 6.54 Å². The normalized spacial score (nSPS) is 11.0. The number of halogens is 1. The lowest BCUT2D eigenvalue weighted by atomic mass is 10.1. The summed E-state index contributed by atoms with van der Waals surface area (Å²) >= 11 is 0. The van der Waals surface area contributed by atoms with Crippen molar-refractivity contribution in [3.8, 4) is 0 Å². The summed E-state index contributed by atoms with van der Waals surface area (Å²) < 4.78 is 39.6. The highest BCUT2D eigenvalue weighted by molar-refractivity contribution is 7.92. The maximum Gasteiger partial charge on any atom is 0.255 e. The Balaban J connectivity index is 1.78. The van der Waals surface area contributed by atoms with Crippen LogP contribution in [-0.4, -0.2) is 26.5 Å². The van der Waals surface area contributed by atoms with E-state index in [2.05, 4.69) is 5.32 Å². The van der Waals surface area contributed by atoms with E-state index in [9.17, 15) is 22.4 Å². The number of nitrogens with two attached hydrogens (primary N) is 1. The molecule has 0 unspecified atom stereocenters. The number of amides is 2. The molecule has 0 aromatic heterocycles. The number of hydrogen-bond acceptors (Lipinski definition) is 4. The Morgan fingerprint density at radius 1 is 0.935 bits per heavy atom. The van der Waals surface area contributed by atoms with Crippen molar-refractivity contribution in [2.75, 3.05) is 15.9 Å². The van der Waals surface area contributed by atoms with Gasteiger partial charge in [0.05, 0.1) is 18.5 Å². The second-order valence-electron chi connectivity index (χ2n) is 6.80. The van der Waals surface area contributed by atoms with Crippen molar-refractivity contribution >= 4 is 33.2 Å². The number of sulfonamides is 1. The van der Waals surface area contributed by atoms with Crippen molar-refractivity contribution in [1.82, 2.24) is 0 Å². The Kier molecular flexibility index (Phi) is 6.36. The molecule has 0 fully saturated rings. The standard InChI is InChI=1S/C22H20FN3O4S/c1-31(29,30)26(14-17-4-2-3-5-20(17)23)19-12-8-16(9-13-19)22(28)25-18-10-6-15(7-11-18)21(24)27/h2-13H,14H2,1H3,(H2,24,27)(H,25,28). The van der Waals surface area contributed by atoms with Gasteiger partial charge >= 0.3 is 0 Å². The number of nitrogens with zero attached hydrogens (tertiary/aromatic N) is 1. The Bertz CT molecular complexity index is 1210. The summed E-state index contributed by atoms with van der Waals surface area (Å²) in [6.45, 7) is -0.177. The van der Waals surface area contributed by atoms with Crippen molar-refractivity contribution in [2.24, 2.45) is 5.73 Å². The van der Waals surface area contributed by atoms with Crippen molar-refractivity contribution in [1.29, 1.82) is 0 Å². The molecule has 0 radical (unpaired) electrons. The van der Waals surface area contributed by atoms with Crippen LogP contribution in [0, 0.1) is 5.82 Å². The van der Waals surface area contributed by atoms with Crippen LogP contribution < -0.4 is 15.4 Å². The number of carbonyl (C=O) groups is 2. The van der Waals surface area contributed by atoms with Gasteiger partial charge in [-0.25, -0.2) is 12.8 Å². The van der Waals surface area contributed by atoms with Gasteiger partial charge in [0, 0.05) is 22.4 Å². The van der Waals surface area contributed by atoms with Crippen LogP contribution in [0.5, 0.6) is 0 Å². The van der Waals surface area contributed by atoms with Crippen LogP contribution >= 0.6 is 0 Å². The van der Waals surface area contributed by atoms with Gasteiger partial charge in [-0.05, 0) is 54.6 Å². The van der Waals surface area contributed by atoms with E-state index in [1.807, 2.05) is 0 Å². The molecule has 9 heteroatoms. The molecule has 160 valence electrons. The third kappa shape index (κ3) is 5.46. The molecule has 0 atom stereocenters. The lowest BCUT2D eigenvalue weighted by molar-refractivity contribution is 0.0998. The van der Waals surface area contributed by atoms with Crippen LogP contribution in [0.25, 0.3) is 0 Å². The van der Waals surface area contributed by atoms with E-state index in [1.165, 1.54) is 54.6 Å². The summed E-state index contributed by atoms with van der Waals surface area (Å²) in [4.78, 5) is 23.6. The van der Waals surface area contributed by atoms with E-state index in [0.29, 0.717) is 22.5 Å². The largest absolute Gasteiger partial charge is 0.366 e. The predicted octanol–water partition coefficient (Wildman–Crippen LogP) is 3.14. The molecular formula is C22H20FN3O4S. The molecule has 3 rings (SSSR count). The molecular weight excluding hydrogens is 421 g/mol. The molecule has 0 heterocycles. The third-order valence-electron chi connectivity index (χ3n) is 4.52. The average Bonchev–Trinajstić information content (AvgIpc) is 2.73. The molecule has 3 aromatic carbocycles. The van der Waals surface area contributed by atoms with E-state index in [1.54, 1.807) is 18.2 Å². The second-order valence-corrected chi connectivity index (χ2v) is 8.71. The van der Waals surface area contributed by atoms with Crippen LogP contribution in [0.4, 0.5) is 15.8 Å². The van der Waals surface area contributed by atoms with Crippen LogP contribution in [0.1, 0.15) is 26.3 Å². The Morgan fingerprint density at radius 3 is 2.06 bits per heavy atom. The summed E-state index contributed by atoms with van der Waals surface area (Å²) in [7, 11) is -3.70. The molecule has 0 bridgehead atoms. The minimum Gasteiger partial charge on any atom is -0.366 e. The molecule has 3 aromatic rings. The van der Waals surface area contributed by atoms with Gasteiger partial charge in [-0.15, -0.1) is 0 Å². The van der Waals surface area contributed by atoms with E-state index in [0.717, 1.165) is 10.6 Å². The third-order valence-corrected chi connectivity index (χ3v) is 5.66. The first-order valence-corrected chi connectivity index (χ1v) is 11.0. The maximum atomic E-state index is 14.0. The summed E-state index contributed by atoms with van der Waals surface area (Å²) in [5, 5.41) is 2.68. The molecule has 0 spiro atoms. The van der Waals surface area contributed by atoms with Crippen LogP contribution in [0.2, 0.25) is 0 Å². The molecule has 0 aliphatic carbocycles. The van der Waals surface area contributed by atoms with E-state index in [-0.39, 0.29) is 12.1 Å². The first kappa shape index (κ1) is 22.0. The Hall–Kier alpha value is -3.72. The topological polar surface area (TPSA) is 110 Å². The molecule has 2 amide bonds. The highest BCUT2D eigenvalue weighted by Gasteiger charge is 2.20. The van der Waals surface area contributed by atoms with Gasteiger partial charge in [-0.3, -0.25) is 13.9 Å². The smallest absolute Gasteiger partial charge is 0.255 e. The van der Waals surface area contributed by atoms with Crippen molar-refractivity contribution in [3.63, 3.8) is 0 Å². The second kappa shape index (κ2) is 8.97. The van der Waals surface area contributed by atoms with Crippen LogP contribution in [0.3, 0.4) is 0 Å². The van der Waals surface area contributed by atoms with Gasteiger partial charge < -0.3 is 11.1 Å². The predicted molar refractivity (Wildman–Crippen MR) is 117 cm³/mol.